The van der Waals surface area contributed by atoms with E-state index in [1.54, 1.807) is 12.4 Å². The lowest BCUT2D eigenvalue weighted by atomic mass is 10.3. The lowest BCUT2D eigenvalue weighted by molar-refractivity contribution is 0.122. The highest BCUT2D eigenvalue weighted by Gasteiger charge is 2.21. The van der Waals surface area contributed by atoms with Crippen LogP contribution in [0, 0.1) is 6.92 Å². The molecule has 132 valence electrons. The first-order valence-corrected chi connectivity index (χ1v) is 8.74. The van der Waals surface area contributed by atoms with Crippen molar-refractivity contribution in [3.8, 4) is 0 Å². The highest BCUT2D eigenvalue weighted by molar-refractivity contribution is 5.52. The van der Waals surface area contributed by atoms with E-state index in [0.717, 1.165) is 75.8 Å². The van der Waals surface area contributed by atoms with Crippen LogP contribution in [0.3, 0.4) is 0 Å². The van der Waals surface area contributed by atoms with Gasteiger partial charge in [-0.25, -0.2) is 15.0 Å². The van der Waals surface area contributed by atoms with Crippen LogP contribution in [0.15, 0.2) is 24.7 Å². The Hall–Kier alpha value is -2.48. The fraction of sp³-hybridized carbons (Fsp3) is 0.529. The normalized spacial score (nSPS) is 18.5. The third-order valence-electron chi connectivity index (χ3n) is 4.62. The molecule has 8 nitrogen and oxygen atoms in total. The number of rotatable bonds is 3. The summed E-state index contributed by atoms with van der Waals surface area (Å²) < 4.78 is 5.44. The van der Waals surface area contributed by atoms with Crippen molar-refractivity contribution in [2.24, 2.45) is 0 Å². The Balaban J connectivity index is 1.46. The second-order valence-corrected chi connectivity index (χ2v) is 6.27. The van der Waals surface area contributed by atoms with E-state index < -0.39 is 0 Å². The highest BCUT2D eigenvalue weighted by Crippen LogP contribution is 2.22. The molecule has 0 aromatic carbocycles. The van der Waals surface area contributed by atoms with Gasteiger partial charge >= 0.3 is 0 Å². The van der Waals surface area contributed by atoms with Gasteiger partial charge in [0.1, 0.15) is 23.3 Å². The van der Waals surface area contributed by atoms with Crippen molar-refractivity contribution in [2.45, 2.75) is 6.92 Å². The second-order valence-electron chi connectivity index (χ2n) is 6.27. The predicted molar refractivity (Wildman–Crippen MR) is 96.3 cm³/mol. The SMILES string of the molecule is Cc1nc(N2CCOCC2)cc(N2CCN(c3cnccn3)CC2)n1. The molecule has 0 N–H and O–H groups in total. The number of morpholine rings is 1. The molecule has 0 spiro atoms. The Morgan fingerprint density at radius 2 is 1.40 bits per heavy atom. The third kappa shape index (κ3) is 3.63. The lowest BCUT2D eigenvalue weighted by Gasteiger charge is -2.36. The first kappa shape index (κ1) is 16.0. The smallest absolute Gasteiger partial charge is 0.147 e. The maximum Gasteiger partial charge on any atom is 0.147 e. The number of ether oxygens (including phenoxy) is 1. The minimum atomic E-state index is 0.759. The summed E-state index contributed by atoms with van der Waals surface area (Å²) in [7, 11) is 0. The molecule has 0 unspecified atom stereocenters. The summed E-state index contributed by atoms with van der Waals surface area (Å²) in [5, 5.41) is 0. The lowest BCUT2D eigenvalue weighted by Crippen LogP contribution is -2.47. The van der Waals surface area contributed by atoms with Gasteiger partial charge in [-0.2, -0.15) is 0 Å². The van der Waals surface area contributed by atoms with Crippen molar-refractivity contribution >= 4 is 17.5 Å². The Bertz CT molecular complexity index is 697. The molecule has 25 heavy (non-hydrogen) atoms. The van der Waals surface area contributed by atoms with E-state index in [0.29, 0.717) is 0 Å². The minimum Gasteiger partial charge on any atom is -0.378 e. The standard InChI is InChI=1S/C17H23N7O/c1-14-20-15(12-16(21-14)24-8-10-25-11-9-24)22-4-6-23(7-5-22)17-13-18-2-3-19-17/h2-3,12-13H,4-11H2,1H3. The largest absolute Gasteiger partial charge is 0.378 e. The zero-order valence-corrected chi connectivity index (χ0v) is 14.5. The number of nitrogens with zero attached hydrogens (tertiary/aromatic N) is 7. The topological polar surface area (TPSA) is 70.5 Å². The molecular weight excluding hydrogens is 318 g/mol. The van der Waals surface area contributed by atoms with E-state index in [1.165, 1.54) is 0 Å². The molecule has 0 bridgehead atoms. The minimum absolute atomic E-state index is 0.759. The van der Waals surface area contributed by atoms with Gasteiger partial charge in [0.2, 0.25) is 0 Å². The van der Waals surface area contributed by atoms with Gasteiger partial charge in [-0.3, -0.25) is 4.98 Å². The summed E-state index contributed by atoms with van der Waals surface area (Å²) in [4.78, 5) is 24.7. The quantitative estimate of drug-likeness (QED) is 0.810. The van der Waals surface area contributed by atoms with Crippen LogP contribution >= 0.6 is 0 Å². The summed E-state index contributed by atoms with van der Waals surface area (Å²) >= 11 is 0. The molecule has 2 aliphatic rings. The van der Waals surface area contributed by atoms with Gasteiger partial charge in [-0.15, -0.1) is 0 Å². The van der Waals surface area contributed by atoms with Gasteiger partial charge in [-0.1, -0.05) is 0 Å². The summed E-state index contributed by atoms with van der Waals surface area (Å²) in [5.41, 5.74) is 0. The highest BCUT2D eigenvalue weighted by atomic mass is 16.5. The van der Waals surface area contributed by atoms with Crippen molar-refractivity contribution in [1.82, 2.24) is 19.9 Å². The van der Waals surface area contributed by atoms with E-state index in [4.69, 9.17) is 4.74 Å². The first-order valence-electron chi connectivity index (χ1n) is 8.74. The van der Waals surface area contributed by atoms with Gasteiger partial charge in [-0.05, 0) is 6.92 Å². The molecule has 4 rings (SSSR count). The molecule has 2 saturated heterocycles. The number of aromatic nitrogens is 4. The predicted octanol–water partition coefficient (Wildman–Crippen LogP) is 0.738. The summed E-state index contributed by atoms with van der Waals surface area (Å²) in [5.74, 6) is 3.76. The van der Waals surface area contributed by atoms with Crippen molar-refractivity contribution in [1.29, 1.82) is 0 Å². The van der Waals surface area contributed by atoms with Crippen molar-refractivity contribution < 1.29 is 4.74 Å². The van der Waals surface area contributed by atoms with Crippen LogP contribution in [0.4, 0.5) is 17.5 Å². The van der Waals surface area contributed by atoms with Crippen LogP contribution in [0.5, 0.6) is 0 Å². The Kier molecular flexibility index (Phi) is 4.60. The monoisotopic (exact) mass is 341 g/mol. The summed E-state index contributed by atoms with van der Waals surface area (Å²) in [6.07, 6.45) is 5.27. The molecular formula is C17H23N7O. The zero-order valence-electron chi connectivity index (χ0n) is 14.5. The first-order chi connectivity index (χ1) is 12.3. The van der Waals surface area contributed by atoms with Gasteiger partial charge in [0.15, 0.2) is 0 Å². The molecule has 0 radical (unpaired) electrons. The van der Waals surface area contributed by atoms with Gasteiger partial charge in [0, 0.05) is 57.7 Å². The number of piperazine rings is 1. The molecule has 2 fully saturated rings. The maximum absolute atomic E-state index is 5.44. The van der Waals surface area contributed by atoms with Gasteiger partial charge in [0.25, 0.3) is 0 Å². The Morgan fingerprint density at radius 3 is 2.00 bits per heavy atom. The van der Waals surface area contributed by atoms with Crippen LogP contribution in [0.2, 0.25) is 0 Å². The van der Waals surface area contributed by atoms with E-state index in [-0.39, 0.29) is 0 Å². The van der Waals surface area contributed by atoms with E-state index >= 15 is 0 Å². The van der Waals surface area contributed by atoms with E-state index in [1.807, 2.05) is 13.1 Å². The fourth-order valence-corrected chi connectivity index (χ4v) is 3.27. The number of aryl methyl sites for hydroxylation is 1. The Labute approximate surface area is 147 Å². The second kappa shape index (κ2) is 7.18. The van der Waals surface area contributed by atoms with Gasteiger partial charge < -0.3 is 19.4 Å². The Morgan fingerprint density at radius 1 is 0.800 bits per heavy atom. The molecule has 0 aliphatic carbocycles. The van der Waals surface area contributed by atoms with Crippen molar-refractivity contribution in [3.63, 3.8) is 0 Å². The van der Waals surface area contributed by atoms with Gasteiger partial charge in [0.05, 0.1) is 19.4 Å². The number of hydrogen-bond acceptors (Lipinski definition) is 8. The van der Waals surface area contributed by atoms with E-state index in [9.17, 15) is 0 Å². The van der Waals surface area contributed by atoms with Crippen LogP contribution in [-0.4, -0.2) is 72.4 Å². The van der Waals surface area contributed by atoms with Crippen LogP contribution in [0.25, 0.3) is 0 Å². The van der Waals surface area contributed by atoms with Crippen LogP contribution in [0.1, 0.15) is 5.82 Å². The molecule has 4 heterocycles. The molecule has 0 amide bonds. The average Bonchev–Trinajstić information content (AvgIpc) is 2.69. The van der Waals surface area contributed by atoms with Crippen LogP contribution < -0.4 is 14.7 Å². The molecule has 2 aromatic rings. The van der Waals surface area contributed by atoms with Crippen LogP contribution in [-0.2, 0) is 4.74 Å². The zero-order chi connectivity index (χ0) is 17.1. The number of hydrogen-bond donors (Lipinski definition) is 0. The summed E-state index contributed by atoms with van der Waals surface area (Å²) in [6.45, 7) is 8.90. The van der Waals surface area contributed by atoms with Crippen molar-refractivity contribution in [3.05, 3.63) is 30.5 Å². The molecule has 0 saturated carbocycles. The fourth-order valence-electron chi connectivity index (χ4n) is 3.27. The van der Waals surface area contributed by atoms with E-state index in [2.05, 4.69) is 40.7 Å². The molecule has 2 aromatic heterocycles. The summed E-state index contributed by atoms with van der Waals surface area (Å²) in [6, 6.07) is 2.11. The molecule has 2 aliphatic heterocycles. The third-order valence-corrected chi connectivity index (χ3v) is 4.62. The van der Waals surface area contributed by atoms with Crippen molar-refractivity contribution in [2.75, 3.05) is 67.2 Å². The average molecular weight is 341 g/mol. The molecule has 8 heteroatoms. The number of anilines is 3. The molecule has 0 atom stereocenters. The maximum atomic E-state index is 5.44.